The average Bonchev–Trinajstić information content (AvgIpc) is 3.18. The number of aromatic nitrogens is 3. The van der Waals surface area contributed by atoms with Crippen molar-refractivity contribution in [3.63, 3.8) is 0 Å². The van der Waals surface area contributed by atoms with Gasteiger partial charge in [-0.25, -0.2) is 15.0 Å². The number of fused-ring (bicyclic) bond motifs is 4. The van der Waals surface area contributed by atoms with Gasteiger partial charge >= 0.3 is 0 Å². The van der Waals surface area contributed by atoms with Gasteiger partial charge in [0.1, 0.15) is 0 Å². The maximum atomic E-state index is 4.92. The van der Waals surface area contributed by atoms with Crippen molar-refractivity contribution in [2.75, 3.05) is 0 Å². The van der Waals surface area contributed by atoms with Gasteiger partial charge in [0.15, 0.2) is 17.5 Å². The van der Waals surface area contributed by atoms with Crippen LogP contribution in [0.1, 0.15) is 0 Å². The fourth-order valence-electron chi connectivity index (χ4n) is 6.56. The summed E-state index contributed by atoms with van der Waals surface area (Å²) in [6, 6.07) is 61.9. The van der Waals surface area contributed by atoms with E-state index in [2.05, 4.69) is 115 Å². The van der Waals surface area contributed by atoms with Gasteiger partial charge in [-0.05, 0) is 78.8 Å². The molecule has 1 aromatic heterocycles. The second-order valence-electron chi connectivity index (χ2n) is 12.1. The first-order valence-electron chi connectivity index (χ1n) is 16.2. The van der Waals surface area contributed by atoms with Crippen LogP contribution < -0.4 is 0 Å². The summed E-state index contributed by atoms with van der Waals surface area (Å²) in [5.41, 5.74) is 7.67. The molecule has 0 aliphatic carbocycles. The second-order valence-corrected chi connectivity index (χ2v) is 12.1. The Hall–Kier alpha value is -6.45. The van der Waals surface area contributed by atoms with Crippen LogP contribution in [-0.4, -0.2) is 15.0 Å². The van der Waals surface area contributed by atoms with Crippen LogP contribution in [0, 0.1) is 0 Å². The van der Waals surface area contributed by atoms with Crippen LogP contribution in [0.4, 0.5) is 0 Å². The Kier molecular flexibility index (Phi) is 6.80. The molecule has 9 rings (SSSR count). The summed E-state index contributed by atoms with van der Waals surface area (Å²) < 4.78 is 0. The average molecular weight is 612 g/mol. The third-order valence-electron chi connectivity index (χ3n) is 9.07. The smallest absolute Gasteiger partial charge is 0.164 e. The van der Waals surface area contributed by atoms with Crippen LogP contribution >= 0.6 is 0 Å². The maximum absolute atomic E-state index is 4.92. The summed E-state index contributed by atoms with van der Waals surface area (Å²) in [6.07, 6.45) is 0. The van der Waals surface area contributed by atoms with E-state index in [1.165, 1.54) is 49.2 Å². The highest BCUT2D eigenvalue weighted by Gasteiger charge is 2.13. The van der Waals surface area contributed by atoms with E-state index in [0.29, 0.717) is 17.5 Å². The predicted molar refractivity (Wildman–Crippen MR) is 200 cm³/mol. The zero-order chi connectivity index (χ0) is 31.9. The summed E-state index contributed by atoms with van der Waals surface area (Å²) in [6.45, 7) is 0. The van der Waals surface area contributed by atoms with Gasteiger partial charge in [-0.15, -0.1) is 0 Å². The van der Waals surface area contributed by atoms with Gasteiger partial charge in [-0.1, -0.05) is 152 Å². The van der Waals surface area contributed by atoms with Crippen molar-refractivity contribution in [3.05, 3.63) is 176 Å². The monoisotopic (exact) mass is 611 g/mol. The predicted octanol–water partition coefficient (Wildman–Crippen LogP) is 11.7. The van der Waals surface area contributed by atoms with E-state index in [1.54, 1.807) is 0 Å². The molecule has 0 amide bonds. The largest absolute Gasteiger partial charge is 0.208 e. The fraction of sp³-hybridized carbons (Fsp3) is 0. The van der Waals surface area contributed by atoms with Gasteiger partial charge in [0.2, 0.25) is 0 Å². The van der Waals surface area contributed by atoms with Crippen molar-refractivity contribution >= 4 is 32.3 Å². The SMILES string of the molecule is c1ccc(-c2nc(-c3ccccc3)nc(-c3ccc4cc(-c5cccc(-c6ccc7ccc8ccccc8c7c6)c5)ccc4c3)n2)cc1. The molecule has 0 saturated heterocycles. The highest BCUT2D eigenvalue weighted by molar-refractivity contribution is 6.08. The molecule has 0 aliphatic rings. The normalized spacial score (nSPS) is 11.3. The first-order chi connectivity index (χ1) is 23.7. The Balaban J connectivity index is 1.08. The lowest BCUT2D eigenvalue weighted by Crippen LogP contribution is -2.00. The molecule has 0 spiro atoms. The van der Waals surface area contributed by atoms with Crippen LogP contribution in [0.15, 0.2) is 176 Å². The van der Waals surface area contributed by atoms with Crippen LogP contribution in [0.25, 0.3) is 88.7 Å². The summed E-state index contributed by atoms with van der Waals surface area (Å²) >= 11 is 0. The molecule has 48 heavy (non-hydrogen) atoms. The Morgan fingerprint density at radius 3 is 1.29 bits per heavy atom. The molecule has 1 heterocycles. The molecule has 0 saturated carbocycles. The van der Waals surface area contributed by atoms with E-state index >= 15 is 0 Å². The second kappa shape index (κ2) is 11.7. The number of rotatable bonds is 5. The van der Waals surface area contributed by atoms with Gasteiger partial charge < -0.3 is 0 Å². The van der Waals surface area contributed by atoms with Gasteiger partial charge in [0, 0.05) is 16.7 Å². The molecule has 9 aromatic rings. The van der Waals surface area contributed by atoms with Crippen LogP contribution in [0.3, 0.4) is 0 Å². The summed E-state index contributed by atoms with van der Waals surface area (Å²) in [5.74, 6) is 1.98. The molecule has 0 unspecified atom stereocenters. The lowest BCUT2D eigenvalue weighted by atomic mass is 9.94. The van der Waals surface area contributed by atoms with Gasteiger partial charge in [-0.2, -0.15) is 0 Å². The maximum Gasteiger partial charge on any atom is 0.164 e. The number of nitrogens with zero attached hydrogens (tertiary/aromatic N) is 3. The molecule has 0 bridgehead atoms. The molecule has 224 valence electrons. The molecule has 0 radical (unpaired) electrons. The van der Waals surface area contributed by atoms with E-state index < -0.39 is 0 Å². The molecule has 8 aromatic carbocycles. The van der Waals surface area contributed by atoms with Gasteiger partial charge in [-0.3, -0.25) is 0 Å². The molecule has 0 N–H and O–H groups in total. The van der Waals surface area contributed by atoms with Crippen molar-refractivity contribution in [2.24, 2.45) is 0 Å². The number of benzene rings is 8. The topological polar surface area (TPSA) is 38.7 Å². The minimum absolute atomic E-state index is 0.657. The first kappa shape index (κ1) is 27.8. The van der Waals surface area contributed by atoms with E-state index in [4.69, 9.17) is 15.0 Å². The number of hydrogen-bond donors (Lipinski definition) is 0. The van der Waals surface area contributed by atoms with E-state index in [-0.39, 0.29) is 0 Å². The summed E-state index contributed by atoms with van der Waals surface area (Å²) in [4.78, 5) is 14.7. The van der Waals surface area contributed by atoms with Crippen LogP contribution in [0.2, 0.25) is 0 Å². The van der Waals surface area contributed by atoms with E-state index in [0.717, 1.165) is 22.1 Å². The zero-order valence-electron chi connectivity index (χ0n) is 26.1. The molecule has 0 aliphatic heterocycles. The molecule has 3 heteroatoms. The molecule has 3 nitrogen and oxygen atoms in total. The Labute approximate surface area is 278 Å². The first-order valence-corrected chi connectivity index (χ1v) is 16.2. The molecular formula is C45H29N3. The molecule has 0 atom stereocenters. The van der Waals surface area contributed by atoms with E-state index in [9.17, 15) is 0 Å². The molecular weight excluding hydrogens is 583 g/mol. The number of hydrogen-bond acceptors (Lipinski definition) is 3. The van der Waals surface area contributed by atoms with Crippen molar-refractivity contribution in [1.29, 1.82) is 0 Å². The van der Waals surface area contributed by atoms with Crippen LogP contribution in [-0.2, 0) is 0 Å². The van der Waals surface area contributed by atoms with Gasteiger partial charge in [0.25, 0.3) is 0 Å². The highest BCUT2D eigenvalue weighted by atomic mass is 15.0. The quantitative estimate of drug-likeness (QED) is 0.182. The Bertz CT molecular complexity index is 2550. The third kappa shape index (κ3) is 5.18. The highest BCUT2D eigenvalue weighted by Crippen LogP contribution is 2.34. The summed E-state index contributed by atoms with van der Waals surface area (Å²) in [7, 11) is 0. The lowest BCUT2D eigenvalue weighted by molar-refractivity contribution is 1.07. The van der Waals surface area contributed by atoms with Crippen LogP contribution in [0.5, 0.6) is 0 Å². The van der Waals surface area contributed by atoms with Crippen molar-refractivity contribution < 1.29 is 0 Å². The standard InChI is InChI=1S/C45H29N3/c1-3-11-32(12-4-1)43-46-44(33-13-5-2-6-14-33)48-45(47-43)40-25-24-37-27-36(22-23-38(37)28-40)34-15-9-16-35(26-34)39-21-20-31-19-18-30-10-7-8-17-41(30)42(31)29-39/h1-29H. The third-order valence-corrected chi connectivity index (χ3v) is 9.07. The lowest BCUT2D eigenvalue weighted by Gasteiger charge is -2.11. The van der Waals surface area contributed by atoms with E-state index in [1.807, 2.05) is 60.7 Å². The zero-order valence-corrected chi connectivity index (χ0v) is 26.1. The summed E-state index contributed by atoms with van der Waals surface area (Å²) in [5, 5.41) is 7.39. The van der Waals surface area contributed by atoms with Crippen molar-refractivity contribution in [2.45, 2.75) is 0 Å². The fourth-order valence-corrected chi connectivity index (χ4v) is 6.56. The molecule has 0 fully saturated rings. The van der Waals surface area contributed by atoms with Gasteiger partial charge in [0.05, 0.1) is 0 Å². The Morgan fingerprint density at radius 1 is 0.229 bits per heavy atom. The van der Waals surface area contributed by atoms with Crippen molar-refractivity contribution in [3.8, 4) is 56.4 Å². The minimum Gasteiger partial charge on any atom is -0.208 e. The Morgan fingerprint density at radius 2 is 0.646 bits per heavy atom. The minimum atomic E-state index is 0.657. The van der Waals surface area contributed by atoms with Crippen molar-refractivity contribution in [1.82, 2.24) is 15.0 Å².